The van der Waals surface area contributed by atoms with E-state index in [-0.39, 0.29) is 30.3 Å². The maximum atomic E-state index is 13.2. The second-order valence-electron chi connectivity index (χ2n) is 6.42. The van der Waals surface area contributed by atoms with Crippen LogP contribution in [0.5, 0.6) is 0 Å². The standard InChI is InChI=1S/C17H7F12N3/c18-14(19,20)6-1-7(15(21,22)23)3-9(2-6)30-13-31-11-5-8(16(24,25)26)4-10(12(11)32-13)17(27,28)29/h1-5H,(H2,30,31,32). The van der Waals surface area contributed by atoms with Crippen LogP contribution < -0.4 is 5.32 Å². The van der Waals surface area contributed by atoms with Crippen molar-refractivity contribution in [2.24, 2.45) is 0 Å². The van der Waals surface area contributed by atoms with Crippen molar-refractivity contribution in [3.8, 4) is 0 Å². The first-order valence-corrected chi connectivity index (χ1v) is 8.10. The van der Waals surface area contributed by atoms with Gasteiger partial charge in [0.2, 0.25) is 5.95 Å². The van der Waals surface area contributed by atoms with Crippen molar-refractivity contribution in [3.63, 3.8) is 0 Å². The van der Waals surface area contributed by atoms with Gasteiger partial charge < -0.3 is 10.3 Å². The average Bonchev–Trinajstić information content (AvgIpc) is 2.99. The number of nitrogens with one attached hydrogen (secondary N) is 2. The summed E-state index contributed by atoms with van der Waals surface area (Å²) in [6.07, 6.45) is -20.9. The number of aromatic nitrogens is 2. The summed E-state index contributed by atoms with van der Waals surface area (Å²) in [5, 5.41) is 1.94. The minimum absolute atomic E-state index is 0.179. The van der Waals surface area contributed by atoms with E-state index in [9.17, 15) is 52.7 Å². The van der Waals surface area contributed by atoms with Crippen molar-refractivity contribution in [1.29, 1.82) is 0 Å². The van der Waals surface area contributed by atoms with Gasteiger partial charge in [0, 0.05) is 5.69 Å². The van der Waals surface area contributed by atoms with Gasteiger partial charge >= 0.3 is 24.7 Å². The minimum Gasteiger partial charge on any atom is -0.326 e. The van der Waals surface area contributed by atoms with Crippen molar-refractivity contribution in [2.45, 2.75) is 24.7 Å². The third-order valence-electron chi connectivity index (χ3n) is 4.07. The second kappa shape index (κ2) is 7.20. The number of aromatic amines is 1. The molecule has 3 aromatic rings. The summed E-state index contributed by atoms with van der Waals surface area (Å²) >= 11 is 0. The Balaban J connectivity index is 2.14. The van der Waals surface area contributed by atoms with Gasteiger partial charge in [-0.2, -0.15) is 52.7 Å². The number of anilines is 2. The van der Waals surface area contributed by atoms with E-state index in [1.807, 2.05) is 10.3 Å². The molecule has 1 aromatic heterocycles. The second-order valence-corrected chi connectivity index (χ2v) is 6.42. The van der Waals surface area contributed by atoms with Gasteiger partial charge in [-0.05, 0) is 30.3 Å². The van der Waals surface area contributed by atoms with Crippen molar-refractivity contribution < 1.29 is 52.7 Å². The predicted octanol–water partition coefficient (Wildman–Crippen LogP) is 7.38. The van der Waals surface area contributed by atoms with E-state index in [2.05, 4.69) is 4.98 Å². The van der Waals surface area contributed by atoms with Crippen molar-refractivity contribution in [2.75, 3.05) is 5.32 Å². The summed E-state index contributed by atoms with van der Waals surface area (Å²) in [5.74, 6) is -0.808. The van der Waals surface area contributed by atoms with E-state index in [4.69, 9.17) is 0 Å². The molecule has 0 aliphatic carbocycles. The Morgan fingerprint density at radius 2 is 1.06 bits per heavy atom. The number of hydrogen-bond donors (Lipinski definition) is 2. The van der Waals surface area contributed by atoms with Crippen LogP contribution in [-0.2, 0) is 24.7 Å². The summed E-state index contributed by atoms with van der Waals surface area (Å²) in [5.41, 5.74) is -9.61. The zero-order valence-electron chi connectivity index (χ0n) is 14.9. The number of benzene rings is 2. The maximum absolute atomic E-state index is 13.2. The monoisotopic (exact) mass is 481 g/mol. The van der Waals surface area contributed by atoms with Gasteiger partial charge in [0.1, 0.15) is 5.52 Å². The number of H-pyrrole nitrogens is 1. The van der Waals surface area contributed by atoms with E-state index in [0.29, 0.717) is 0 Å². The molecule has 2 aromatic carbocycles. The average molecular weight is 481 g/mol. The van der Waals surface area contributed by atoms with Crippen LogP contribution in [0, 0.1) is 0 Å². The first-order valence-electron chi connectivity index (χ1n) is 8.10. The first kappa shape index (κ1) is 23.5. The Bertz CT molecular complexity index is 1120. The van der Waals surface area contributed by atoms with Crippen LogP contribution >= 0.6 is 0 Å². The molecule has 0 amide bonds. The van der Waals surface area contributed by atoms with Gasteiger partial charge in [-0.15, -0.1) is 0 Å². The minimum atomic E-state index is -5.29. The largest absolute Gasteiger partial charge is 0.418 e. The molecule has 32 heavy (non-hydrogen) atoms. The van der Waals surface area contributed by atoms with Gasteiger partial charge in [-0.3, -0.25) is 0 Å². The summed E-state index contributed by atoms with van der Waals surface area (Å²) in [6, 6.07) is 0.346. The van der Waals surface area contributed by atoms with E-state index in [1.54, 1.807) is 0 Å². The molecule has 0 bridgehead atoms. The van der Waals surface area contributed by atoms with Crippen LogP contribution in [-0.4, -0.2) is 9.97 Å². The molecule has 15 heteroatoms. The maximum Gasteiger partial charge on any atom is 0.418 e. The van der Waals surface area contributed by atoms with E-state index in [0.717, 1.165) is 0 Å². The molecular weight excluding hydrogens is 474 g/mol. The molecule has 0 radical (unpaired) electrons. The fourth-order valence-electron chi connectivity index (χ4n) is 2.72. The predicted molar refractivity (Wildman–Crippen MR) is 85.8 cm³/mol. The summed E-state index contributed by atoms with van der Waals surface area (Å²) in [7, 11) is 0. The lowest BCUT2D eigenvalue weighted by Crippen LogP contribution is -2.11. The van der Waals surface area contributed by atoms with E-state index in [1.165, 1.54) is 0 Å². The molecule has 2 N–H and O–H groups in total. The smallest absolute Gasteiger partial charge is 0.326 e. The van der Waals surface area contributed by atoms with E-state index < -0.39 is 69.6 Å². The lowest BCUT2D eigenvalue weighted by atomic mass is 10.1. The first-order chi connectivity index (χ1) is 14.4. The Labute approximate surface area is 169 Å². The topological polar surface area (TPSA) is 40.7 Å². The van der Waals surface area contributed by atoms with Crippen LogP contribution in [0.15, 0.2) is 30.3 Å². The fourth-order valence-corrected chi connectivity index (χ4v) is 2.72. The number of fused-ring (bicyclic) bond motifs is 1. The zero-order chi connectivity index (χ0) is 24.3. The Morgan fingerprint density at radius 3 is 1.50 bits per heavy atom. The lowest BCUT2D eigenvalue weighted by Gasteiger charge is -2.14. The van der Waals surface area contributed by atoms with Crippen LogP contribution in [0.4, 0.5) is 64.3 Å². The highest BCUT2D eigenvalue weighted by molar-refractivity contribution is 5.83. The molecule has 3 nitrogen and oxygen atoms in total. The van der Waals surface area contributed by atoms with Crippen molar-refractivity contribution in [1.82, 2.24) is 9.97 Å². The van der Waals surface area contributed by atoms with Gasteiger partial charge in [0.15, 0.2) is 0 Å². The molecule has 0 unspecified atom stereocenters. The number of imidazole rings is 1. The summed E-state index contributed by atoms with van der Waals surface area (Å²) in [4.78, 5) is 5.37. The summed E-state index contributed by atoms with van der Waals surface area (Å²) in [6.45, 7) is 0. The fraction of sp³-hybridized carbons (Fsp3) is 0.235. The normalized spacial score (nSPS) is 13.6. The van der Waals surface area contributed by atoms with Crippen molar-refractivity contribution in [3.05, 3.63) is 52.6 Å². The third-order valence-corrected chi connectivity index (χ3v) is 4.07. The van der Waals surface area contributed by atoms with Gasteiger partial charge in [-0.25, -0.2) is 4.98 Å². The molecule has 0 fully saturated rings. The molecule has 0 aliphatic rings. The molecule has 0 aliphatic heterocycles. The molecule has 0 saturated carbocycles. The highest BCUT2D eigenvalue weighted by Gasteiger charge is 2.40. The van der Waals surface area contributed by atoms with Gasteiger partial charge in [-0.1, -0.05) is 0 Å². The van der Waals surface area contributed by atoms with Crippen LogP contribution in [0.1, 0.15) is 22.3 Å². The zero-order valence-corrected chi connectivity index (χ0v) is 14.9. The van der Waals surface area contributed by atoms with Crippen LogP contribution in [0.25, 0.3) is 11.0 Å². The summed E-state index contributed by atoms with van der Waals surface area (Å²) < 4.78 is 156. The van der Waals surface area contributed by atoms with Crippen LogP contribution in [0.2, 0.25) is 0 Å². The Kier molecular flexibility index (Phi) is 5.29. The number of rotatable bonds is 2. The Hall–Kier alpha value is -3.13. The van der Waals surface area contributed by atoms with E-state index >= 15 is 0 Å². The number of alkyl halides is 12. The molecular formula is C17H7F12N3. The third kappa shape index (κ3) is 4.85. The van der Waals surface area contributed by atoms with Gasteiger partial charge in [0.05, 0.1) is 27.8 Å². The molecule has 0 atom stereocenters. The SMILES string of the molecule is FC(F)(F)c1cc(Nc2nc3c(C(F)(F)F)cc(C(F)(F)F)cc3[nH]2)cc(C(F)(F)F)c1. The van der Waals surface area contributed by atoms with Gasteiger partial charge in [0.25, 0.3) is 0 Å². The molecule has 0 saturated heterocycles. The molecule has 1 heterocycles. The molecule has 0 spiro atoms. The highest BCUT2D eigenvalue weighted by atomic mass is 19.4. The lowest BCUT2D eigenvalue weighted by molar-refractivity contribution is -0.144. The molecule has 174 valence electrons. The van der Waals surface area contributed by atoms with Crippen LogP contribution in [0.3, 0.4) is 0 Å². The van der Waals surface area contributed by atoms with Crippen molar-refractivity contribution >= 4 is 22.7 Å². The number of nitrogens with zero attached hydrogens (tertiary/aromatic N) is 1. The quantitative estimate of drug-likeness (QED) is 0.375. The number of hydrogen-bond acceptors (Lipinski definition) is 2. The number of halogens is 12. The Morgan fingerprint density at radius 1 is 0.594 bits per heavy atom. The highest BCUT2D eigenvalue weighted by Crippen LogP contribution is 2.41. The molecule has 3 rings (SSSR count).